The van der Waals surface area contributed by atoms with E-state index in [2.05, 4.69) is 61.0 Å². The molecule has 0 radical (unpaired) electrons. The second kappa shape index (κ2) is 16.6. The van der Waals surface area contributed by atoms with Crippen molar-refractivity contribution >= 4 is 27.2 Å². The van der Waals surface area contributed by atoms with Crippen LogP contribution in [0.25, 0.3) is 33.8 Å². The van der Waals surface area contributed by atoms with Crippen molar-refractivity contribution in [2.45, 2.75) is 64.2 Å². The molecule has 6 aromatic rings. The van der Waals surface area contributed by atoms with E-state index in [1.165, 1.54) is 61.4 Å². The largest absolute Gasteiger partial charge is 0.465 e. The maximum Gasteiger partial charge on any atom is 0.425 e. The summed E-state index contributed by atoms with van der Waals surface area (Å²) in [6.45, 7) is 1.72. The quantitative estimate of drug-likeness (QED) is 0.102. The summed E-state index contributed by atoms with van der Waals surface area (Å²) < 4.78 is 145. The first-order valence-electron chi connectivity index (χ1n) is 14.5. The van der Waals surface area contributed by atoms with Crippen molar-refractivity contribution in [2.75, 3.05) is 7.11 Å². The predicted octanol–water partition coefficient (Wildman–Crippen LogP) is 8.44. The Bertz CT molecular complexity index is 2180. The number of rotatable bonds is 9. The lowest BCUT2D eigenvalue weighted by atomic mass is 10.2. The molecule has 0 aliphatic carbocycles. The third-order valence-electron chi connectivity index (χ3n) is 6.94. The SMILES string of the molecule is C.C.COC(F)(F)c1nnc2cnc(-c3ccc(O[C@H](C)C(F)(F)F)nc3)cn12.C[C@@H](Oc1ccc(-c2cn3c(C(F)(F)Br)nnc3cn2)cn1)C(F)(F)F. The van der Waals surface area contributed by atoms with Crippen LogP contribution in [0.4, 0.5) is 43.9 Å². The maximum absolute atomic E-state index is 13.8. The van der Waals surface area contributed by atoms with E-state index in [9.17, 15) is 43.9 Å². The molecule has 55 heavy (non-hydrogen) atoms. The first-order chi connectivity index (χ1) is 24.7. The molecule has 0 aliphatic rings. The summed E-state index contributed by atoms with van der Waals surface area (Å²) in [5.74, 6) is -1.84. The van der Waals surface area contributed by atoms with Crippen LogP contribution >= 0.6 is 15.9 Å². The molecule has 0 aliphatic heterocycles. The molecule has 24 heteroatoms. The van der Waals surface area contributed by atoms with Gasteiger partial charge in [-0.3, -0.25) is 18.8 Å². The number of alkyl halides is 11. The molecule has 0 amide bonds. The van der Waals surface area contributed by atoms with Crippen molar-refractivity contribution in [3.63, 3.8) is 0 Å². The molecule has 6 heterocycles. The molecular weight excluding hydrogens is 830 g/mol. The Morgan fingerprint density at radius 2 is 0.982 bits per heavy atom. The van der Waals surface area contributed by atoms with Gasteiger partial charge < -0.3 is 14.2 Å². The molecule has 0 aromatic carbocycles. The Hall–Kier alpha value is -5.26. The molecule has 298 valence electrons. The van der Waals surface area contributed by atoms with Crippen LogP contribution in [0.5, 0.6) is 11.8 Å². The second-order valence-corrected chi connectivity index (χ2v) is 11.6. The van der Waals surface area contributed by atoms with Crippen LogP contribution < -0.4 is 9.47 Å². The van der Waals surface area contributed by atoms with Crippen molar-refractivity contribution in [3.8, 4) is 34.3 Å². The number of hydrogen-bond donors (Lipinski definition) is 0. The van der Waals surface area contributed by atoms with E-state index in [1.54, 1.807) is 0 Å². The van der Waals surface area contributed by atoms with Crippen LogP contribution in [-0.4, -0.2) is 80.8 Å². The number of halogens is 11. The van der Waals surface area contributed by atoms with Crippen LogP contribution in [0, 0.1) is 0 Å². The van der Waals surface area contributed by atoms with Crippen molar-refractivity contribution < 1.29 is 58.1 Å². The van der Waals surface area contributed by atoms with E-state index in [0.29, 0.717) is 11.1 Å². The Morgan fingerprint density at radius 3 is 1.33 bits per heavy atom. The van der Waals surface area contributed by atoms with E-state index in [-0.39, 0.29) is 49.3 Å². The number of fused-ring (bicyclic) bond motifs is 2. The number of aromatic nitrogens is 10. The fourth-order valence-corrected chi connectivity index (χ4v) is 4.35. The minimum absolute atomic E-state index is 0. The van der Waals surface area contributed by atoms with Crippen molar-refractivity contribution in [1.29, 1.82) is 0 Å². The number of ether oxygens (including phenoxy) is 3. The number of hydrogen-bond acceptors (Lipinski definition) is 11. The molecular formula is C31H29BrF10N10O3. The van der Waals surface area contributed by atoms with Gasteiger partial charge in [0, 0.05) is 55.2 Å². The van der Waals surface area contributed by atoms with Crippen molar-refractivity contribution in [2.24, 2.45) is 0 Å². The summed E-state index contributed by atoms with van der Waals surface area (Å²) in [7, 11) is 0.827. The summed E-state index contributed by atoms with van der Waals surface area (Å²) in [5.41, 5.74) is 1.39. The van der Waals surface area contributed by atoms with E-state index >= 15 is 0 Å². The van der Waals surface area contributed by atoms with Gasteiger partial charge in [-0.2, -0.15) is 43.9 Å². The highest BCUT2D eigenvalue weighted by Crippen LogP contribution is 2.34. The topological polar surface area (TPSA) is 140 Å². The average Bonchev–Trinajstić information content (AvgIpc) is 3.73. The molecule has 0 fully saturated rings. The van der Waals surface area contributed by atoms with Gasteiger partial charge in [-0.1, -0.05) is 14.9 Å². The van der Waals surface area contributed by atoms with Gasteiger partial charge in [0.2, 0.25) is 23.4 Å². The van der Waals surface area contributed by atoms with Gasteiger partial charge >= 0.3 is 23.3 Å². The van der Waals surface area contributed by atoms with Crippen LogP contribution in [0.15, 0.2) is 61.4 Å². The van der Waals surface area contributed by atoms with Gasteiger partial charge in [0.1, 0.15) is 0 Å². The predicted molar refractivity (Wildman–Crippen MR) is 178 cm³/mol. The summed E-state index contributed by atoms with van der Waals surface area (Å²) in [6, 6.07) is 5.27. The summed E-state index contributed by atoms with van der Waals surface area (Å²) >= 11 is 2.22. The Morgan fingerprint density at radius 1 is 0.582 bits per heavy atom. The summed E-state index contributed by atoms with van der Waals surface area (Å²) in [5, 5.41) is 14.0. The zero-order chi connectivity index (χ0) is 38.9. The Kier molecular flexibility index (Phi) is 13.3. The van der Waals surface area contributed by atoms with Gasteiger partial charge in [0.25, 0.3) is 0 Å². The van der Waals surface area contributed by atoms with Gasteiger partial charge in [-0.25, -0.2) is 9.97 Å². The third-order valence-corrected chi connectivity index (χ3v) is 7.29. The lowest BCUT2D eigenvalue weighted by Crippen LogP contribution is -2.31. The number of nitrogens with zero attached hydrogens (tertiary/aromatic N) is 10. The van der Waals surface area contributed by atoms with Gasteiger partial charge in [-0.05, 0) is 41.9 Å². The van der Waals surface area contributed by atoms with Gasteiger partial charge in [-0.15, -0.1) is 20.4 Å². The van der Waals surface area contributed by atoms with Gasteiger partial charge in [0.05, 0.1) is 23.8 Å². The zero-order valence-corrected chi connectivity index (χ0v) is 28.4. The molecule has 0 unspecified atom stereocenters. The highest BCUT2D eigenvalue weighted by atomic mass is 79.9. The fourth-order valence-electron chi connectivity index (χ4n) is 4.08. The molecule has 0 spiro atoms. The Balaban J connectivity index is 0.000000285. The van der Waals surface area contributed by atoms with E-state index in [4.69, 9.17) is 9.47 Å². The molecule has 0 N–H and O–H groups in total. The minimum atomic E-state index is -4.52. The third kappa shape index (κ3) is 10.3. The van der Waals surface area contributed by atoms with Crippen molar-refractivity contribution in [1.82, 2.24) is 49.1 Å². The smallest absolute Gasteiger partial charge is 0.425 e. The molecule has 6 rings (SSSR count). The normalized spacial score (nSPS) is 13.3. The van der Waals surface area contributed by atoms with Crippen molar-refractivity contribution in [3.05, 3.63) is 73.1 Å². The standard InChI is InChI=1S/C15H12F5N5O2.C14H9BrF5N5O.2CH4/c1-8(14(16,17)18)27-12-4-3-9(5-22-12)10-7-25-11(6-21-10)23-24-13(25)15(19,20)26-2;1-7(14(18,19)20)26-11-3-2-8(4-22-11)9-6-25-10(5-21-9)23-24-12(25)13(15,16)17;;/h3-8H,1-2H3;2-7H,1H3;2*1H4/t8-;7-;;/m11../s1. The zero-order valence-electron chi connectivity index (χ0n) is 26.8. The maximum atomic E-state index is 13.8. The van der Waals surface area contributed by atoms with Crippen LogP contribution in [0.3, 0.4) is 0 Å². The van der Waals surface area contributed by atoms with E-state index in [0.717, 1.165) is 29.8 Å². The number of pyridine rings is 2. The molecule has 0 bridgehead atoms. The van der Waals surface area contributed by atoms with E-state index < -0.39 is 47.1 Å². The molecule has 13 nitrogen and oxygen atoms in total. The second-order valence-electron chi connectivity index (χ2n) is 10.6. The summed E-state index contributed by atoms with van der Waals surface area (Å²) in [4.78, 5) is 12.3. The highest BCUT2D eigenvalue weighted by Gasteiger charge is 2.40. The molecule has 0 saturated carbocycles. The van der Waals surface area contributed by atoms with E-state index in [1.807, 2.05) is 0 Å². The first kappa shape index (κ1) is 44.1. The molecule has 2 atom stereocenters. The monoisotopic (exact) mass is 858 g/mol. The highest BCUT2D eigenvalue weighted by molar-refractivity contribution is 9.09. The minimum Gasteiger partial charge on any atom is -0.465 e. The lowest BCUT2D eigenvalue weighted by molar-refractivity contribution is -0.237. The van der Waals surface area contributed by atoms with Crippen LogP contribution in [0.1, 0.15) is 40.3 Å². The fraction of sp³-hybridized carbons (Fsp3) is 0.355. The first-order valence-corrected chi connectivity index (χ1v) is 15.3. The molecule has 0 saturated heterocycles. The number of methoxy groups -OCH3 is 1. The molecule has 6 aromatic heterocycles. The summed E-state index contributed by atoms with van der Waals surface area (Å²) in [6.07, 6.45) is -9.34. The lowest BCUT2D eigenvalue weighted by Gasteiger charge is -2.16. The Labute approximate surface area is 312 Å². The van der Waals surface area contributed by atoms with Gasteiger partial charge in [0.15, 0.2) is 23.5 Å². The average molecular weight is 860 g/mol. The van der Waals surface area contributed by atoms with Crippen LogP contribution in [-0.2, 0) is 15.7 Å². The van der Waals surface area contributed by atoms with Crippen LogP contribution in [0.2, 0.25) is 0 Å².